The first kappa shape index (κ1) is 23.0. The van der Waals surface area contributed by atoms with Crippen molar-refractivity contribution in [2.75, 3.05) is 0 Å². The summed E-state index contributed by atoms with van der Waals surface area (Å²) in [4.78, 5) is 12.2. The zero-order valence-electron chi connectivity index (χ0n) is 15.1. The van der Waals surface area contributed by atoms with Crippen LogP contribution in [0.4, 0.5) is 26.3 Å². The Balaban J connectivity index is 1.90. The van der Waals surface area contributed by atoms with Gasteiger partial charge in [0.05, 0.1) is 21.2 Å². The van der Waals surface area contributed by atoms with Crippen LogP contribution in [0.2, 0.25) is 10.0 Å². The van der Waals surface area contributed by atoms with Gasteiger partial charge in [0.25, 0.3) is 0 Å². The molecule has 0 amide bonds. The van der Waals surface area contributed by atoms with Gasteiger partial charge in [-0.05, 0) is 60.7 Å². The van der Waals surface area contributed by atoms with Gasteiger partial charge in [0, 0.05) is 11.1 Å². The van der Waals surface area contributed by atoms with Gasteiger partial charge in [0.1, 0.15) is 11.5 Å². The maximum absolute atomic E-state index is 13.0. The van der Waals surface area contributed by atoms with E-state index >= 15 is 0 Å². The predicted molar refractivity (Wildman–Crippen MR) is 104 cm³/mol. The number of hydrogen-bond acceptors (Lipinski definition) is 2. The molecule has 3 rings (SSSR count). The van der Waals surface area contributed by atoms with Crippen LogP contribution in [-0.4, -0.2) is 5.78 Å². The van der Waals surface area contributed by atoms with Crippen molar-refractivity contribution in [1.82, 2.24) is 0 Å². The Morgan fingerprint density at radius 1 is 0.806 bits per heavy atom. The summed E-state index contributed by atoms with van der Waals surface area (Å²) < 4.78 is 83.4. The van der Waals surface area contributed by atoms with Crippen LogP contribution in [0.1, 0.15) is 27.2 Å². The first-order valence-electron chi connectivity index (χ1n) is 8.42. The first-order chi connectivity index (χ1) is 14.3. The number of furan rings is 1. The topological polar surface area (TPSA) is 30.2 Å². The molecule has 31 heavy (non-hydrogen) atoms. The number of allylic oxidation sites excluding steroid dienone is 1. The Kier molecular flexibility index (Phi) is 6.25. The van der Waals surface area contributed by atoms with Crippen molar-refractivity contribution >= 4 is 35.1 Å². The Bertz CT molecular complexity index is 1130. The largest absolute Gasteiger partial charge is 0.457 e. The molecular weight excluding hydrogens is 469 g/mol. The van der Waals surface area contributed by atoms with E-state index in [0.717, 1.165) is 6.08 Å². The van der Waals surface area contributed by atoms with Gasteiger partial charge in [-0.3, -0.25) is 4.79 Å². The molecule has 0 saturated heterocycles. The summed E-state index contributed by atoms with van der Waals surface area (Å²) in [5.41, 5.74) is -3.09. The maximum atomic E-state index is 13.0. The van der Waals surface area contributed by atoms with E-state index in [1.165, 1.54) is 36.4 Å². The standard InChI is InChI=1S/C21H10Cl2F6O2/c22-16-4-1-11(9-17(16)23)18(30)5-2-15-3-6-19(31-15)12-7-13(20(24,25)26)10-14(8-12)21(27,28)29/h1-10H/b5-2+. The minimum Gasteiger partial charge on any atom is -0.457 e. The highest BCUT2D eigenvalue weighted by molar-refractivity contribution is 6.42. The number of ketones is 1. The fourth-order valence-corrected chi connectivity index (χ4v) is 2.90. The molecule has 10 heteroatoms. The normalized spacial score (nSPS) is 12.5. The Hall–Kier alpha value is -2.71. The predicted octanol–water partition coefficient (Wildman–Crippen LogP) is 8.19. The molecule has 0 aliphatic heterocycles. The molecule has 0 spiro atoms. The highest BCUT2D eigenvalue weighted by atomic mass is 35.5. The summed E-state index contributed by atoms with van der Waals surface area (Å²) in [5.74, 6) is -0.637. The molecule has 2 aromatic carbocycles. The van der Waals surface area contributed by atoms with Crippen molar-refractivity contribution < 1.29 is 35.6 Å². The van der Waals surface area contributed by atoms with Crippen LogP contribution >= 0.6 is 23.2 Å². The molecule has 162 valence electrons. The fourth-order valence-electron chi connectivity index (χ4n) is 2.60. The van der Waals surface area contributed by atoms with Gasteiger partial charge in [-0.15, -0.1) is 0 Å². The smallest absolute Gasteiger partial charge is 0.416 e. The SMILES string of the molecule is O=C(/C=C/c1ccc(-c2cc(C(F)(F)F)cc(C(F)(F)F)c2)o1)c1ccc(Cl)c(Cl)c1. The fraction of sp³-hybridized carbons (Fsp3) is 0.0952. The lowest BCUT2D eigenvalue weighted by molar-refractivity contribution is -0.143. The van der Waals surface area contributed by atoms with E-state index in [0.29, 0.717) is 12.1 Å². The van der Waals surface area contributed by atoms with E-state index in [-0.39, 0.29) is 33.2 Å². The molecule has 0 atom stereocenters. The summed E-state index contributed by atoms with van der Waals surface area (Å²) in [6.07, 6.45) is -7.60. The molecule has 0 saturated carbocycles. The molecule has 1 heterocycles. The molecule has 0 fully saturated rings. The van der Waals surface area contributed by atoms with Crippen LogP contribution in [-0.2, 0) is 12.4 Å². The minimum absolute atomic E-state index is 0.0309. The Labute approximate surface area is 181 Å². The molecule has 0 bridgehead atoms. The zero-order valence-corrected chi connectivity index (χ0v) is 16.6. The highest BCUT2D eigenvalue weighted by Gasteiger charge is 2.37. The number of carbonyl (C=O) groups is 1. The number of benzene rings is 2. The van der Waals surface area contributed by atoms with Gasteiger partial charge in [-0.25, -0.2) is 0 Å². The lowest BCUT2D eigenvalue weighted by Gasteiger charge is -2.13. The summed E-state index contributed by atoms with van der Waals surface area (Å²) in [7, 11) is 0. The highest BCUT2D eigenvalue weighted by Crippen LogP contribution is 2.39. The lowest BCUT2D eigenvalue weighted by atomic mass is 10.0. The van der Waals surface area contributed by atoms with Crippen LogP contribution in [0.5, 0.6) is 0 Å². The van der Waals surface area contributed by atoms with Crippen molar-refractivity contribution in [3.05, 3.63) is 87.1 Å². The molecule has 1 aromatic heterocycles. The molecule has 0 radical (unpaired) electrons. The summed E-state index contributed by atoms with van der Waals surface area (Å²) in [6.45, 7) is 0. The summed E-state index contributed by atoms with van der Waals surface area (Å²) in [5, 5.41) is 0.434. The van der Waals surface area contributed by atoms with Crippen molar-refractivity contribution in [3.8, 4) is 11.3 Å². The lowest BCUT2D eigenvalue weighted by Crippen LogP contribution is -2.11. The van der Waals surface area contributed by atoms with Gasteiger partial charge in [-0.2, -0.15) is 26.3 Å². The van der Waals surface area contributed by atoms with Crippen LogP contribution in [0.25, 0.3) is 17.4 Å². The number of rotatable bonds is 4. The molecule has 0 aliphatic carbocycles. The molecule has 0 unspecified atom stereocenters. The third kappa shape index (κ3) is 5.51. The molecule has 0 aliphatic rings. The van der Waals surface area contributed by atoms with Crippen molar-refractivity contribution in [1.29, 1.82) is 0 Å². The molecule has 2 nitrogen and oxygen atoms in total. The minimum atomic E-state index is -4.97. The number of halogens is 8. The number of carbonyl (C=O) groups excluding carboxylic acids is 1. The van der Waals surface area contributed by atoms with Gasteiger partial charge in [-0.1, -0.05) is 23.2 Å². The van der Waals surface area contributed by atoms with Crippen LogP contribution in [0.15, 0.2) is 59.0 Å². The quantitative estimate of drug-likeness (QED) is 0.215. The second-order valence-electron chi connectivity index (χ2n) is 6.32. The van der Waals surface area contributed by atoms with Crippen LogP contribution in [0, 0.1) is 0 Å². The third-order valence-corrected chi connectivity index (χ3v) is 4.84. The third-order valence-electron chi connectivity index (χ3n) is 4.10. The molecule has 3 aromatic rings. The second kappa shape index (κ2) is 8.43. The summed E-state index contributed by atoms with van der Waals surface area (Å²) in [6, 6.07) is 7.89. The van der Waals surface area contributed by atoms with Crippen molar-refractivity contribution in [2.24, 2.45) is 0 Å². The van der Waals surface area contributed by atoms with Crippen LogP contribution in [0.3, 0.4) is 0 Å². The molecule has 0 N–H and O–H groups in total. The Morgan fingerprint density at radius 3 is 1.97 bits per heavy atom. The van der Waals surface area contributed by atoms with Gasteiger partial charge >= 0.3 is 12.4 Å². The second-order valence-corrected chi connectivity index (χ2v) is 7.14. The van der Waals surface area contributed by atoms with Gasteiger partial charge in [0.15, 0.2) is 5.78 Å². The van der Waals surface area contributed by atoms with Gasteiger partial charge < -0.3 is 4.42 Å². The van der Waals surface area contributed by atoms with E-state index in [1.807, 2.05) is 0 Å². The maximum Gasteiger partial charge on any atom is 0.416 e. The average molecular weight is 479 g/mol. The Morgan fingerprint density at radius 2 is 1.42 bits per heavy atom. The molecular formula is C21H10Cl2F6O2. The number of alkyl halides is 6. The average Bonchev–Trinajstić information content (AvgIpc) is 3.15. The van der Waals surface area contributed by atoms with Crippen molar-refractivity contribution in [3.63, 3.8) is 0 Å². The van der Waals surface area contributed by atoms with Gasteiger partial charge in [0.2, 0.25) is 0 Å². The van der Waals surface area contributed by atoms with E-state index in [9.17, 15) is 31.1 Å². The van der Waals surface area contributed by atoms with E-state index in [2.05, 4.69) is 0 Å². The van der Waals surface area contributed by atoms with Crippen molar-refractivity contribution in [2.45, 2.75) is 12.4 Å². The number of hydrogen-bond donors (Lipinski definition) is 0. The summed E-state index contributed by atoms with van der Waals surface area (Å²) >= 11 is 11.6. The van der Waals surface area contributed by atoms with E-state index < -0.39 is 34.8 Å². The van der Waals surface area contributed by atoms with E-state index in [1.54, 1.807) is 0 Å². The van der Waals surface area contributed by atoms with Crippen LogP contribution < -0.4 is 0 Å². The monoisotopic (exact) mass is 478 g/mol. The first-order valence-corrected chi connectivity index (χ1v) is 9.17. The zero-order chi connectivity index (χ0) is 23.0. The van der Waals surface area contributed by atoms with E-state index in [4.69, 9.17) is 27.6 Å².